The zero-order valence-corrected chi connectivity index (χ0v) is 7.86. The van der Waals surface area contributed by atoms with Gasteiger partial charge < -0.3 is 10.3 Å². The van der Waals surface area contributed by atoms with Crippen LogP contribution in [-0.4, -0.2) is 5.16 Å². The maximum absolute atomic E-state index is 5.74. The van der Waals surface area contributed by atoms with Crippen LogP contribution in [-0.2, 0) is 0 Å². The molecule has 0 radical (unpaired) electrons. The first-order valence-corrected chi connectivity index (χ1v) is 4.99. The van der Waals surface area contributed by atoms with E-state index in [0.29, 0.717) is 5.92 Å². The van der Waals surface area contributed by atoms with Crippen molar-refractivity contribution >= 4 is 16.7 Å². The summed E-state index contributed by atoms with van der Waals surface area (Å²) in [5.41, 5.74) is 8.47. The van der Waals surface area contributed by atoms with E-state index in [1.807, 2.05) is 18.2 Å². The molecule has 1 aromatic carbocycles. The number of hydrogen-bond donors (Lipinski definition) is 1. The molecule has 14 heavy (non-hydrogen) atoms. The molecule has 0 atom stereocenters. The molecule has 0 spiro atoms. The average molecular weight is 188 g/mol. The smallest absolute Gasteiger partial charge is 0.167 e. The Morgan fingerprint density at radius 1 is 1.36 bits per heavy atom. The first-order chi connectivity index (χ1) is 6.84. The normalized spacial score (nSPS) is 17.1. The maximum Gasteiger partial charge on any atom is 0.167 e. The number of aromatic nitrogens is 1. The molecular formula is C11H12N2O. The van der Waals surface area contributed by atoms with Gasteiger partial charge in [-0.15, -0.1) is 0 Å². The van der Waals surface area contributed by atoms with Gasteiger partial charge in [0.1, 0.15) is 0 Å². The van der Waals surface area contributed by atoms with Crippen LogP contribution in [0.3, 0.4) is 0 Å². The molecule has 0 unspecified atom stereocenters. The van der Waals surface area contributed by atoms with Crippen molar-refractivity contribution in [1.29, 1.82) is 0 Å². The molecular weight excluding hydrogens is 176 g/mol. The third kappa shape index (κ3) is 1.02. The summed E-state index contributed by atoms with van der Waals surface area (Å²) in [6.07, 6.45) is 3.77. The van der Waals surface area contributed by atoms with Crippen molar-refractivity contribution in [3.05, 3.63) is 23.9 Å². The summed E-state index contributed by atoms with van der Waals surface area (Å²) in [7, 11) is 0. The van der Waals surface area contributed by atoms with Gasteiger partial charge in [-0.3, -0.25) is 0 Å². The van der Waals surface area contributed by atoms with Crippen LogP contribution < -0.4 is 5.73 Å². The van der Waals surface area contributed by atoms with Crippen molar-refractivity contribution in [2.75, 3.05) is 5.73 Å². The topological polar surface area (TPSA) is 52.0 Å². The summed E-state index contributed by atoms with van der Waals surface area (Å²) in [5, 5.41) is 5.22. The predicted molar refractivity (Wildman–Crippen MR) is 55.0 cm³/mol. The molecule has 1 saturated carbocycles. The van der Waals surface area contributed by atoms with E-state index in [1.165, 1.54) is 19.3 Å². The molecule has 1 aromatic heterocycles. The van der Waals surface area contributed by atoms with Crippen LogP contribution in [0.15, 0.2) is 22.7 Å². The lowest BCUT2D eigenvalue weighted by Gasteiger charge is -2.22. The highest BCUT2D eigenvalue weighted by Gasteiger charge is 2.24. The van der Waals surface area contributed by atoms with Gasteiger partial charge in [0.15, 0.2) is 5.58 Å². The first kappa shape index (κ1) is 7.85. The van der Waals surface area contributed by atoms with Crippen molar-refractivity contribution in [1.82, 2.24) is 5.16 Å². The van der Waals surface area contributed by atoms with Crippen molar-refractivity contribution in [3.8, 4) is 0 Å². The van der Waals surface area contributed by atoms with Crippen molar-refractivity contribution < 1.29 is 4.52 Å². The van der Waals surface area contributed by atoms with Gasteiger partial charge in [-0.2, -0.15) is 0 Å². The molecule has 72 valence electrons. The molecule has 1 aliphatic rings. The fourth-order valence-electron chi connectivity index (χ4n) is 1.95. The molecule has 1 heterocycles. The van der Waals surface area contributed by atoms with Crippen LogP contribution in [0.4, 0.5) is 5.69 Å². The molecule has 0 amide bonds. The Morgan fingerprint density at radius 3 is 2.93 bits per heavy atom. The van der Waals surface area contributed by atoms with Gasteiger partial charge in [0.25, 0.3) is 0 Å². The van der Waals surface area contributed by atoms with E-state index in [2.05, 4.69) is 5.16 Å². The molecule has 2 aromatic rings. The van der Waals surface area contributed by atoms with Gasteiger partial charge in [-0.1, -0.05) is 11.6 Å². The summed E-state index contributed by atoms with van der Waals surface area (Å²) in [6, 6.07) is 5.69. The minimum atomic E-state index is 0.595. The van der Waals surface area contributed by atoms with E-state index in [-0.39, 0.29) is 0 Å². The van der Waals surface area contributed by atoms with Crippen LogP contribution in [0.1, 0.15) is 30.9 Å². The van der Waals surface area contributed by atoms with E-state index in [0.717, 1.165) is 22.4 Å². The third-order valence-electron chi connectivity index (χ3n) is 3.01. The summed E-state index contributed by atoms with van der Waals surface area (Å²) in [4.78, 5) is 0. The number of nitrogens with zero attached hydrogens (tertiary/aromatic N) is 1. The molecule has 3 rings (SSSR count). The van der Waals surface area contributed by atoms with Gasteiger partial charge in [-0.05, 0) is 31.0 Å². The average Bonchev–Trinajstić information content (AvgIpc) is 2.46. The number of hydrogen-bond acceptors (Lipinski definition) is 3. The standard InChI is InChI=1S/C11H12N2O/c12-8-4-5-10-9(6-8)11(13-14-10)7-2-1-3-7/h4-7H,1-3,12H2. The third-order valence-corrected chi connectivity index (χ3v) is 3.01. The molecule has 2 N–H and O–H groups in total. The maximum atomic E-state index is 5.74. The van der Waals surface area contributed by atoms with E-state index in [4.69, 9.17) is 10.3 Å². The van der Waals surface area contributed by atoms with Gasteiger partial charge in [-0.25, -0.2) is 0 Å². The molecule has 3 nitrogen and oxygen atoms in total. The molecule has 1 fully saturated rings. The molecule has 0 aliphatic heterocycles. The van der Waals surface area contributed by atoms with Gasteiger partial charge in [0, 0.05) is 17.0 Å². The number of nitrogen functional groups attached to an aromatic ring is 1. The summed E-state index contributed by atoms with van der Waals surface area (Å²) in [5.74, 6) is 0.595. The van der Waals surface area contributed by atoms with Gasteiger partial charge in [0.05, 0.1) is 5.69 Å². The van der Waals surface area contributed by atoms with E-state index >= 15 is 0 Å². The number of fused-ring (bicyclic) bond motifs is 1. The second-order valence-electron chi connectivity index (χ2n) is 3.95. The molecule has 0 bridgehead atoms. The Labute approximate surface area is 81.9 Å². The highest BCUT2D eigenvalue weighted by atomic mass is 16.5. The Bertz CT molecular complexity index is 471. The zero-order chi connectivity index (χ0) is 9.54. The summed E-state index contributed by atoms with van der Waals surface area (Å²) < 4.78 is 5.26. The highest BCUT2D eigenvalue weighted by Crippen LogP contribution is 2.39. The predicted octanol–water partition coefficient (Wildman–Crippen LogP) is 2.68. The summed E-state index contributed by atoms with van der Waals surface area (Å²) >= 11 is 0. The van der Waals surface area contributed by atoms with Crippen molar-refractivity contribution in [3.63, 3.8) is 0 Å². The first-order valence-electron chi connectivity index (χ1n) is 4.99. The van der Waals surface area contributed by atoms with Gasteiger partial charge >= 0.3 is 0 Å². The Morgan fingerprint density at radius 2 is 2.21 bits per heavy atom. The van der Waals surface area contributed by atoms with Gasteiger partial charge in [0.2, 0.25) is 0 Å². The van der Waals surface area contributed by atoms with Crippen LogP contribution in [0, 0.1) is 0 Å². The van der Waals surface area contributed by atoms with Crippen molar-refractivity contribution in [2.45, 2.75) is 25.2 Å². The van der Waals surface area contributed by atoms with Crippen LogP contribution in [0.5, 0.6) is 0 Å². The number of nitrogens with two attached hydrogens (primary N) is 1. The number of anilines is 1. The lowest BCUT2D eigenvalue weighted by molar-refractivity contribution is 0.375. The molecule has 1 aliphatic carbocycles. The largest absolute Gasteiger partial charge is 0.399 e. The molecule has 0 saturated heterocycles. The van der Waals surface area contributed by atoms with Crippen LogP contribution >= 0.6 is 0 Å². The number of benzene rings is 1. The van der Waals surface area contributed by atoms with Crippen LogP contribution in [0.2, 0.25) is 0 Å². The second kappa shape index (κ2) is 2.74. The Hall–Kier alpha value is -1.51. The quantitative estimate of drug-likeness (QED) is 0.700. The number of rotatable bonds is 1. The fraction of sp³-hybridized carbons (Fsp3) is 0.364. The van der Waals surface area contributed by atoms with Crippen molar-refractivity contribution in [2.24, 2.45) is 0 Å². The lowest BCUT2D eigenvalue weighted by Crippen LogP contribution is -2.09. The second-order valence-corrected chi connectivity index (χ2v) is 3.95. The highest BCUT2D eigenvalue weighted by molar-refractivity contribution is 5.83. The van der Waals surface area contributed by atoms with E-state index in [1.54, 1.807) is 0 Å². The lowest BCUT2D eigenvalue weighted by atomic mass is 9.82. The van der Waals surface area contributed by atoms with E-state index in [9.17, 15) is 0 Å². The molecule has 3 heteroatoms. The Balaban J connectivity index is 2.18. The van der Waals surface area contributed by atoms with E-state index < -0.39 is 0 Å². The SMILES string of the molecule is Nc1ccc2onc(C3CCC3)c2c1. The minimum absolute atomic E-state index is 0.595. The minimum Gasteiger partial charge on any atom is -0.399 e. The zero-order valence-electron chi connectivity index (χ0n) is 7.86. The van der Waals surface area contributed by atoms with Crippen LogP contribution in [0.25, 0.3) is 11.0 Å². The summed E-state index contributed by atoms with van der Waals surface area (Å²) in [6.45, 7) is 0. The fourth-order valence-corrected chi connectivity index (χ4v) is 1.95. The Kier molecular flexibility index (Phi) is 1.54. The monoisotopic (exact) mass is 188 g/mol.